The van der Waals surface area contributed by atoms with E-state index < -0.39 is 0 Å². The molecule has 0 fully saturated rings. The Bertz CT molecular complexity index is 733. The molecular weight excluding hydrogens is 262 g/mol. The van der Waals surface area contributed by atoms with Gasteiger partial charge in [-0.05, 0) is 12.0 Å². The first kappa shape index (κ1) is 13.5. The second-order valence-electron chi connectivity index (χ2n) is 5.18. The van der Waals surface area contributed by atoms with Crippen molar-refractivity contribution in [3.8, 4) is 0 Å². The van der Waals surface area contributed by atoms with Crippen LogP contribution >= 0.6 is 0 Å². The first-order valence-corrected chi connectivity index (χ1v) is 7.29. The average molecular weight is 281 g/mol. The minimum Gasteiger partial charge on any atom is -0.383 e. The van der Waals surface area contributed by atoms with Crippen LogP contribution in [0.25, 0.3) is 11.0 Å². The third kappa shape index (κ3) is 3.02. The van der Waals surface area contributed by atoms with Crippen LogP contribution in [-0.4, -0.2) is 19.7 Å². The van der Waals surface area contributed by atoms with Crippen molar-refractivity contribution in [2.24, 2.45) is 0 Å². The van der Waals surface area contributed by atoms with Crippen molar-refractivity contribution in [1.29, 1.82) is 0 Å². The molecule has 0 saturated heterocycles. The molecule has 2 aromatic heterocycles. The number of unbranched alkanes of at least 4 members (excludes halogenated alkanes) is 1. The van der Waals surface area contributed by atoms with Crippen molar-refractivity contribution in [2.45, 2.75) is 32.7 Å². The van der Waals surface area contributed by atoms with Gasteiger partial charge in [0.15, 0.2) is 5.65 Å². The van der Waals surface area contributed by atoms with E-state index in [-0.39, 0.29) is 0 Å². The van der Waals surface area contributed by atoms with E-state index in [2.05, 4.69) is 34.1 Å². The van der Waals surface area contributed by atoms with Crippen molar-refractivity contribution in [3.63, 3.8) is 0 Å². The third-order valence-corrected chi connectivity index (χ3v) is 3.44. The Labute approximate surface area is 123 Å². The largest absolute Gasteiger partial charge is 0.383 e. The molecule has 0 atom stereocenters. The predicted molar refractivity (Wildman–Crippen MR) is 83.9 cm³/mol. The van der Waals surface area contributed by atoms with Gasteiger partial charge in [-0.25, -0.2) is 9.97 Å². The summed E-state index contributed by atoms with van der Waals surface area (Å²) >= 11 is 0. The number of hydrogen-bond acceptors (Lipinski definition) is 4. The van der Waals surface area contributed by atoms with Crippen molar-refractivity contribution >= 4 is 16.9 Å². The van der Waals surface area contributed by atoms with Crippen LogP contribution in [0.4, 0.5) is 5.82 Å². The molecular formula is C16H19N5. The third-order valence-electron chi connectivity index (χ3n) is 3.44. The zero-order valence-electron chi connectivity index (χ0n) is 12.2. The molecule has 0 aliphatic rings. The van der Waals surface area contributed by atoms with Crippen molar-refractivity contribution in [2.75, 3.05) is 5.73 Å². The van der Waals surface area contributed by atoms with Gasteiger partial charge in [0.25, 0.3) is 0 Å². The smallest absolute Gasteiger partial charge is 0.186 e. The standard InChI is InChI=1S/C16H19N5/c1-2-3-9-14-18-15(17)13-11-21(20-16(13)19-14)10-12-7-5-4-6-8-12/h4-8,11H,2-3,9-10H2,1H3,(H2,17,18,19,20). The maximum atomic E-state index is 6.03. The molecule has 5 nitrogen and oxygen atoms in total. The zero-order valence-corrected chi connectivity index (χ0v) is 12.2. The van der Waals surface area contributed by atoms with Crippen LogP contribution in [0.3, 0.4) is 0 Å². The van der Waals surface area contributed by atoms with Gasteiger partial charge in [0.2, 0.25) is 0 Å². The minimum atomic E-state index is 0.519. The molecule has 0 aliphatic heterocycles. The highest BCUT2D eigenvalue weighted by Gasteiger charge is 2.09. The van der Waals surface area contributed by atoms with Gasteiger partial charge >= 0.3 is 0 Å². The van der Waals surface area contributed by atoms with E-state index in [0.717, 1.165) is 30.5 Å². The lowest BCUT2D eigenvalue weighted by atomic mass is 10.2. The molecule has 0 aliphatic carbocycles. The molecule has 2 N–H and O–H groups in total. The number of fused-ring (bicyclic) bond motifs is 1. The lowest BCUT2D eigenvalue weighted by Crippen LogP contribution is -2.01. The molecule has 2 heterocycles. The predicted octanol–water partition coefficient (Wildman–Crippen LogP) is 2.80. The van der Waals surface area contributed by atoms with Crippen LogP contribution in [0, 0.1) is 0 Å². The molecule has 3 rings (SSSR count). The number of aromatic nitrogens is 4. The normalized spacial score (nSPS) is 11.1. The van der Waals surface area contributed by atoms with E-state index >= 15 is 0 Å². The van der Waals surface area contributed by atoms with Gasteiger partial charge in [0.1, 0.15) is 11.6 Å². The number of hydrogen-bond donors (Lipinski definition) is 1. The summed E-state index contributed by atoms with van der Waals surface area (Å²) in [5.74, 6) is 1.30. The molecule has 108 valence electrons. The van der Waals surface area contributed by atoms with Crippen LogP contribution in [0.1, 0.15) is 31.2 Å². The fraction of sp³-hybridized carbons (Fsp3) is 0.312. The van der Waals surface area contributed by atoms with Gasteiger partial charge in [0.05, 0.1) is 11.9 Å². The van der Waals surface area contributed by atoms with E-state index in [1.54, 1.807) is 0 Å². The van der Waals surface area contributed by atoms with E-state index in [0.29, 0.717) is 18.0 Å². The molecule has 0 unspecified atom stereocenters. The number of anilines is 1. The molecule has 3 aromatic rings. The van der Waals surface area contributed by atoms with Gasteiger partial charge in [-0.3, -0.25) is 4.68 Å². The lowest BCUT2D eigenvalue weighted by Gasteiger charge is -2.00. The monoisotopic (exact) mass is 281 g/mol. The Balaban J connectivity index is 1.90. The number of nitrogens with two attached hydrogens (primary N) is 1. The van der Waals surface area contributed by atoms with Gasteiger partial charge in [-0.1, -0.05) is 43.7 Å². The Kier molecular flexibility index (Phi) is 3.81. The second kappa shape index (κ2) is 5.91. The fourth-order valence-corrected chi connectivity index (χ4v) is 2.32. The summed E-state index contributed by atoms with van der Waals surface area (Å²) in [4.78, 5) is 8.89. The van der Waals surface area contributed by atoms with E-state index in [4.69, 9.17) is 5.73 Å². The topological polar surface area (TPSA) is 69.6 Å². The number of nitrogens with zero attached hydrogens (tertiary/aromatic N) is 4. The quantitative estimate of drug-likeness (QED) is 0.780. The summed E-state index contributed by atoms with van der Waals surface area (Å²) in [5, 5.41) is 5.35. The molecule has 0 amide bonds. The highest BCUT2D eigenvalue weighted by atomic mass is 15.3. The Hall–Kier alpha value is -2.43. The summed E-state index contributed by atoms with van der Waals surface area (Å²) in [6.07, 6.45) is 4.95. The maximum Gasteiger partial charge on any atom is 0.186 e. The number of rotatable bonds is 5. The highest BCUT2D eigenvalue weighted by molar-refractivity contribution is 5.84. The number of nitrogen functional groups attached to an aromatic ring is 1. The molecule has 21 heavy (non-hydrogen) atoms. The summed E-state index contributed by atoms with van der Waals surface area (Å²) in [5.41, 5.74) is 7.91. The summed E-state index contributed by atoms with van der Waals surface area (Å²) in [6, 6.07) is 10.2. The summed E-state index contributed by atoms with van der Waals surface area (Å²) < 4.78 is 1.87. The molecule has 0 radical (unpaired) electrons. The van der Waals surface area contributed by atoms with Crippen LogP contribution in [0.5, 0.6) is 0 Å². The number of aryl methyl sites for hydroxylation is 1. The van der Waals surface area contributed by atoms with Crippen molar-refractivity contribution < 1.29 is 0 Å². The SMILES string of the molecule is CCCCc1nc(N)c2cn(Cc3ccccc3)nc2n1. The Morgan fingerprint density at radius 3 is 2.71 bits per heavy atom. The molecule has 0 spiro atoms. The van der Waals surface area contributed by atoms with E-state index in [1.165, 1.54) is 5.56 Å². The van der Waals surface area contributed by atoms with Gasteiger partial charge in [0, 0.05) is 12.6 Å². The van der Waals surface area contributed by atoms with Crippen LogP contribution in [0.15, 0.2) is 36.5 Å². The van der Waals surface area contributed by atoms with Crippen LogP contribution < -0.4 is 5.73 Å². The van der Waals surface area contributed by atoms with Crippen LogP contribution in [0.2, 0.25) is 0 Å². The van der Waals surface area contributed by atoms with Gasteiger partial charge in [-0.2, -0.15) is 5.10 Å². The fourth-order valence-electron chi connectivity index (χ4n) is 2.32. The van der Waals surface area contributed by atoms with Crippen LogP contribution in [-0.2, 0) is 13.0 Å². The van der Waals surface area contributed by atoms with Crippen molar-refractivity contribution in [3.05, 3.63) is 47.9 Å². The van der Waals surface area contributed by atoms with Gasteiger partial charge < -0.3 is 5.73 Å². The maximum absolute atomic E-state index is 6.03. The summed E-state index contributed by atoms with van der Waals surface area (Å²) in [7, 11) is 0. The number of benzene rings is 1. The minimum absolute atomic E-state index is 0.519. The highest BCUT2D eigenvalue weighted by Crippen LogP contribution is 2.17. The molecule has 1 aromatic carbocycles. The van der Waals surface area contributed by atoms with E-state index in [1.807, 2.05) is 29.1 Å². The summed E-state index contributed by atoms with van der Waals surface area (Å²) in [6.45, 7) is 2.86. The van der Waals surface area contributed by atoms with E-state index in [9.17, 15) is 0 Å². The molecule has 5 heteroatoms. The molecule has 0 saturated carbocycles. The zero-order chi connectivity index (χ0) is 14.7. The first-order valence-electron chi connectivity index (χ1n) is 7.29. The Morgan fingerprint density at radius 1 is 1.14 bits per heavy atom. The Morgan fingerprint density at radius 2 is 1.95 bits per heavy atom. The lowest BCUT2D eigenvalue weighted by molar-refractivity contribution is 0.691. The second-order valence-corrected chi connectivity index (χ2v) is 5.18. The average Bonchev–Trinajstić information content (AvgIpc) is 2.89. The van der Waals surface area contributed by atoms with Crippen molar-refractivity contribution in [1.82, 2.24) is 19.7 Å². The van der Waals surface area contributed by atoms with Gasteiger partial charge in [-0.15, -0.1) is 0 Å². The molecule has 0 bridgehead atoms. The first-order chi connectivity index (χ1) is 10.3.